The maximum atomic E-state index is 12.0. The molecule has 1 heterocycles. The summed E-state index contributed by atoms with van der Waals surface area (Å²) >= 11 is 0. The summed E-state index contributed by atoms with van der Waals surface area (Å²) in [6.07, 6.45) is 1.61. The Morgan fingerprint density at radius 3 is 2.55 bits per heavy atom. The van der Waals surface area contributed by atoms with E-state index in [4.69, 9.17) is 10.9 Å². The van der Waals surface area contributed by atoms with Crippen molar-refractivity contribution in [3.05, 3.63) is 42.2 Å². The number of hydrogen-bond donors (Lipinski definition) is 3. The fourth-order valence-corrected chi connectivity index (χ4v) is 2.32. The summed E-state index contributed by atoms with van der Waals surface area (Å²) in [7, 11) is -2.12. The Morgan fingerprint density at radius 2 is 2.00 bits per heavy atom. The number of nitrogens with zero attached hydrogens (tertiary/aromatic N) is 1. The van der Waals surface area contributed by atoms with E-state index >= 15 is 0 Å². The van der Waals surface area contributed by atoms with Crippen LogP contribution in [0.5, 0.6) is 0 Å². The first-order valence-corrected chi connectivity index (χ1v) is 7.18. The average Bonchev–Trinajstić information content (AvgIpc) is 2.68. The third-order valence-corrected chi connectivity index (χ3v) is 3.59. The number of hydrogen-bond acceptors (Lipinski definition) is 4. The number of nitrogens with one attached hydrogen (secondary N) is 1. The summed E-state index contributed by atoms with van der Waals surface area (Å²) < 4.78 is 24.1. The van der Waals surface area contributed by atoms with Gasteiger partial charge in [-0.15, -0.1) is 0 Å². The maximum absolute atomic E-state index is 12.0. The molecule has 0 saturated heterocycles. The van der Waals surface area contributed by atoms with Crippen LogP contribution in [0.15, 0.2) is 41.4 Å². The molecule has 0 unspecified atom stereocenters. The molecule has 1 aromatic carbocycles. The van der Waals surface area contributed by atoms with Gasteiger partial charge in [0, 0.05) is 18.9 Å². The van der Waals surface area contributed by atoms with Crippen LogP contribution < -0.4 is 16.2 Å². The van der Waals surface area contributed by atoms with E-state index in [1.54, 1.807) is 23.9 Å². The summed E-state index contributed by atoms with van der Waals surface area (Å²) in [4.78, 5) is 12.0. The first-order valence-electron chi connectivity index (χ1n) is 5.63. The zero-order valence-corrected chi connectivity index (χ0v) is 11.5. The predicted molar refractivity (Wildman–Crippen MR) is 75.6 cm³/mol. The van der Waals surface area contributed by atoms with Crippen molar-refractivity contribution in [1.29, 1.82) is 0 Å². The summed E-state index contributed by atoms with van der Waals surface area (Å²) in [5, 5.41) is 7.62. The minimum Gasteiger partial charge on any atom is -0.397 e. The Morgan fingerprint density at radius 1 is 1.30 bits per heavy atom. The number of carbonyl (C=O) groups is 1. The van der Waals surface area contributed by atoms with Crippen LogP contribution in [0.1, 0.15) is 10.5 Å². The third-order valence-electron chi connectivity index (χ3n) is 2.68. The van der Waals surface area contributed by atoms with E-state index in [-0.39, 0.29) is 4.90 Å². The molecule has 0 saturated carbocycles. The lowest BCUT2D eigenvalue weighted by atomic mass is 10.3. The molecule has 0 radical (unpaired) electrons. The third kappa shape index (κ3) is 2.98. The second-order valence-corrected chi connectivity index (χ2v) is 5.86. The smallest absolute Gasteiger partial charge is 0.272 e. The number of aromatic nitrogens is 1. The van der Waals surface area contributed by atoms with E-state index in [0.29, 0.717) is 17.1 Å². The van der Waals surface area contributed by atoms with Crippen LogP contribution in [-0.2, 0) is 17.1 Å². The lowest BCUT2D eigenvalue weighted by Gasteiger charge is -2.07. The number of aryl methyl sites for hydroxylation is 1. The van der Waals surface area contributed by atoms with Crippen molar-refractivity contribution in [3.63, 3.8) is 0 Å². The lowest BCUT2D eigenvalue weighted by Crippen LogP contribution is -2.16. The molecule has 2 aromatic rings. The summed E-state index contributed by atoms with van der Waals surface area (Å²) in [6, 6.07) is 7.23. The molecule has 0 bridgehead atoms. The van der Waals surface area contributed by atoms with Crippen molar-refractivity contribution < 1.29 is 13.2 Å². The quantitative estimate of drug-likeness (QED) is 0.763. The molecule has 8 heteroatoms. The molecular formula is C12H14N4O3S. The van der Waals surface area contributed by atoms with Crippen molar-refractivity contribution in [3.8, 4) is 0 Å². The molecule has 0 atom stereocenters. The molecule has 106 valence electrons. The molecule has 0 fully saturated rings. The van der Waals surface area contributed by atoms with E-state index in [0.717, 1.165) is 0 Å². The van der Waals surface area contributed by atoms with Gasteiger partial charge in [-0.2, -0.15) is 0 Å². The number of nitrogen functional groups attached to an aromatic ring is 1. The second kappa shape index (κ2) is 4.99. The SMILES string of the molecule is Cn1cc(N)cc1C(=O)Nc1cccc(S(N)(=O)=O)c1. The molecular weight excluding hydrogens is 280 g/mol. The molecule has 7 nitrogen and oxygen atoms in total. The normalized spacial score (nSPS) is 11.3. The van der Waals surface area contributed by atoms with E-state index in [9.17, 15) is 13.2 Å². The first kappa shape index (κ1) is 14.1. The number of benzene rings is 1. The number of sulfonamides is 1. The number of carbonyl (C=O) groups excluding carboxylic acids is 1. The van der Waals surface area contributed by atoms with Gasteiger partial charge in [-0.3, -0.25) is 4.79 Å². The minimum atomic E-state index is -3.81. The summed E-state index contributed by atoms with van der Waals surface area (Å²) in [5.74, 6) is -0.393. The molecule has 2 rings (SSSR count). The Bertz CT molecular complexity index is 765. The van der Waals surface area contributed by atoms with Gasteiger partial charge >= 0.3 is 0 Å². The molecule has 1 amide bonds. The van der Waals surface area contributed by atoms with Crippen molar-refractivity contribution in [1.82, 2.24) is 4.57 Å². The number of nitrogens with two attached hydrogens (primary N) is 2. The highest BCUT2D eigenvalue weighted by Crippen LogP contribution is 2.16. The van der Waals surface area contributed by atoms with Gasteiger partial charge in [0.15, 0.2) is 0 Å². The van der Waals surface area contributed by atoms with Gasteiger partial charge in [-0.05, 0) is 24.3 Å². The fraction of sp³-hybridized carbons (Fsp3) is 0.0833. The number of anilines is 2. The van der Waals surface area contributed by atoms with Gasteiger partial charge in [-0.25, -0.2) is 13.6 Å². The van der Waals surface area contributed by atoms with E-state index in [2.05, 4.69) is 5.32 Å². The number of primary sulfonamides is 1. The van der Waals surface area contributed by atoms with Gasteiger partial charge in [-0.1, -0.05) is 6.07 Å². The zero-order chi connectivity index (χ0) is 14.9. The van der Waals surface area contributed by atoms with E-state index in [1.165, 1.54) is 24.3 Å². The highest BCUT2D eigenvalue weighted by Gasteiger charge is 2.13. The van der Waals surface area contributed by atoms with E-state index < -0.39 is 15.9 Å². The molecule has 0 aliphatic heterocycles. The Kier molecular flexibility index (Phi) is 3.51. The lowest BCUT2D eigenvalue weighted by molar-refractivity contribution is 0.101. The molecule has 0 aliphatic carbocycles. The fourth-order valence-electron chi connectivity index (χ4n) is 1.76. The highest BCUT2D eigenvalue weighted by molar-refractivity contribution is 7.89. The average molecular weight is 294 g/mol. The van der Waals surface area contributed by atoms with Crippen LogP contribution in [-0.4, -0.2) is 18.9 Å². The minimum absolute atomic E-state index is 0.0679. The van der Waals surface area contributed by atoms with Crippen LogP contribution in [0.3, 0.4) is 0 Å². The van der Waals surface area contributed by atoms with Crippen LogP contribution in [0.4, 0.5) is 11.4 Å². The Balaban J connectivity index is 2.27. The van der Waals surface area contributed by atoms with Crippen molar-refractivity contribution >= 4 is 27.3 Å². The van der Waals surface area contributed by atoms with Crippen LogP contribution in [0.25, 0.3) is 0 Å². The van der Waals surface area contributed by atoms with Crippen molar-refractivity contribution in [2.75, 3.05) is 11.1 Å². The molecule has 20 heavy (non-hydrogen) atoms. The van der Waals surface area contributed by atoms with Gasteiger partial charge < -0.3 is 15.6 Å². The maximum Gasteiger partial charge on any atom is 0.272 e. The molecule has 5 N–H and O–H groups in total. The topological polar surface area (TPSA) is 120 Å². The van der Waals surface area contributed by atoms with Crippen LogP contribution >= 0.6 is 0 Å². The van der Waals surface area contributed by atoms with Crippen molar-refractivity contribution in [2.45, 2.75) is 4.90 Å². The largest absolute Gasteiger partial charge is 0.397 e. The van der Waals surface area contributed by atoms with Crippen molar-refractivity contribution in [2.24, 2.45) is 12.2 Å². The molecule has 1 aromatic heterocycles. The zero-order valence-electron chi connectivity index (χ0n) is 10.7. The van der Waals surface area contributed by atoms with Crippen LogP contribution in [0.2, 0.25) is 0 Å². The summed E-state index contributed by atoms with van der Waals surface area (Å²) in [6.45, 7) is 0. The standard InChI is InChI=1S/C12H14N4O3S/c1-16-7-8(13)5-11(16)12(17)15-9-3-2-4-10(6-9)20(14,18)19/h2-7H,13H2,1H3,(H,15,17)(H2,14,18,19). The monoisotopic (exact) mass is 294 g/mol. The van der Waals surface area contributed by atoms with Gasteiger partial charge in [0.25, 0.3) is 5.91 Å². The van der Waals surface area contributed by atoms with Gasteiger partial charge in [0.2, 0.25) is 10.0 Å². The predicted octanol–water partition coefficient (Wildman–Crippen LogP) is 0.507. The first-order chi connectivity index (χ1) is 9.27. The number of rotatable bonds is 3. The second-order valence-electron chi connectivity index (χ2n) is 4.30. The van der Waals surface area contributed by atoms with Crippen LogP contribution in [0, 0.1) is 0 Å². The molecule has 0 spiro atoms. The van der Waals surface area contributed by atoms with Gasteiger partial charge in [0.1, 0.15) is 5.69 Å². The highest BCUT2D eigenvalue weighted by atomic mass is 32.2. The number of amides is 1. The Hall–Kier alpha value is -2.32. The summed E-state index contributed by atoms with van der Waals surface area (Å²) in [5.41, 5.74) is 6.76. The molecule has 0 aliphatic rings. The van der Waals surface area contributed by atoms with E-state index in [1.807, 2.05) is 0 Å². The van der Waals surface area contributed by atoms with Gasteiger partial charge in [0.05, 0.1) is 10.6 Å². The Labute approximate surface area is 116 Å².